The van der Waals surface area contributed by atoms with Crippen LogP contribution >= 0.6 is 0 Å². The predicted octanol–water partition coefficient (Wildman–Crippen LogP) is 1.60. The summed E-state index contributed by atoms with van der Waals surface area (Å²) in [5.74, 6) is 0.0883. The zero-order valence-corrected chi connectivity index (χ0v) is 9.67. The minimum absolute atomic E-state index is 0.000417. The van der Waals surface area contributed by atoms with Crippen LogP contribution in [0.25, 0.3) is 0 Å². The van der Waals surface area contributed by atoms with Crippen LogP contribution in [0.3, 0.4) is 0 Å². The fraction of sp³-hybridized carbons (Fsp3) is 0.909. The van der Waals surface area contributed by atoms with Gasteiger partial charge in [-0.2, -0.15) is 13.2 Å². The minimum atomic E-state index is -4.26. The molecule has 1 saturated carbocycles. The van der Waals surface area contributed by atoms with Crippen LogP contribution in [0.1, 0.15) is 25.7 Å². The van der Waals surface area contributed by atoms with Crippen molar-refractivity contribution in [3.05, 3.63) is 0 Å². The van der Waals surface area contributed by atoms with Gasteiger partial charge in [-0.1, -0.05) is 0 Å². The number of aliphatic hydroxyl groups is 1. The number of aliphatic hydroxyl groups excluding tert-OH is 1. The number of Topliss-reactive ketones (excluding diaryl/α,β-unsaturated/α-hetero) is 1. The van der Waals surface area contributed by atoms with Crippen molar-refractivity contribution in [2.75, 3.05) is 26.2 Å². The third kappa shape index (κ3) is 5.50. The number of hydrogen-bond donors (Lipinski definition) is 1. The van der Waals surface area contributed by atoms with E-state index in [0.717, 1.165) is 17.7 Å². The summed E-state index contributed by atoms with van der Waals surface area (Å²) in [5, 5.41) is 8.70. The van der Waals surface area contributed by atoms with Crippen LogP contribution in [0, 0.1) is 5.92 Å². The van der Waals surface area contributed by atoms with Crippen LogP contribution in [0.4, 0.5) is 13.2 Å². The molecular weight excluding hydrogens is 235 g/mol. The summed E-state index contributed by atoms with van der Waals surface area (Å²) in [5.41, 5.74) is 0. The number of carbonyl (C=O) groups is 1. The van der Waals surface area contributed by atoms with Gasteiger partial charge in [0.1, 0.15) is 5.78 Å². The molecule has 0 saturated heterocycles. The molecule has 100 valence electrons. The molecule has 3 nitrogen and oxygen atoms in total. The number of carbonyl (C=O) groups excluding carboxylic acids is 1. The SMILES string of the molecule is O=C1CCCC1CCN(CCO)CC(F)(F)F. The largest absolute Gasteiger partial charge is 0.401 e. The topological polar surface area (TPSA) is 40.5 Å². The highest BCUT2D eigenvalue weighted by molar-refractivity contribution is 5.82. The molecule has 0 aromatic heterocycles. The van der Waals surface area contributed by atoms with Crippen molar-refractivity contribution in [3.8, 4) is 0 Å². The van der Waals surface area contributed by atoms with E-state index in [1.807, 2.05) is 0 Å². The number of ketones is 1. The molecule has 0 heterocycles. The average Bonchev–Trinajstić information content (AvgIpc) is 2.59. The molecule has 0 aliphatic heterocycles. The first-order valence-electron chi connectivity index (χ1n) is 5.85. The molecule has 0 spiro atoms. The summed E-state index contributed by atoms with van der Waals surface area (Å²) in [4.78, 5) is 12.5. The van der Waals surface area contributed by atoms with Crippen LogP contribution in [0.2, 0.25) is 0 Å². The normalized spacial score (nSPS) is 21.5. The first kappa shape index (κ1) is 14.4. The molecular formula is C11H18F3NO2. The lowest BCUT2D eigenvalue weighted by Gasteiger charge is -2.23. The predicted molar refractivity (Wildman–Crippen MR) is 56.5 cm³/mol. The Labute approximate surface area is 98.6 Å². The molecule has 1 unspecified atom stereocenters. The van der Waals surface area contributed by atoms with Crippen LogP contribution in [-0.4, -0.2) is 48.2 Å². The van der Waals surface area contributed by atoms with Crippen molar-refractivity contribution >= 4 is 5.78 Å². The molecule has 0 bridgehead atoms. The molecule has 1 aliphatic carbocycles. The van der Waals surface area contributed by atoms with Crippen molar-refractivity contribution in [2.24, 2.45) is 5.92 Å². The van der Waals surface area contributed by atoms with E-state index in [9.17, 15) is 18.0 Å². The monoisotopic (exact) mass is 253 g/mol. The number of halogens is 3. The maximum Gasteiger partial charge on any atom is 0.401 e. The first-order chi connectivity index (χ1) is 7.92. The summed E-state index contributed by atoms with van der Waals surface area (Å²) in [6.07, 6.45) is -1.59. The molecule has 1 atom stereocenters. The van der Waals surface area contributed by atoms with Gasteiger partial charge in [0.25, 0.3) is 0 Å². The summed E-state index contributed by atoms with van der Waals surface area (Å²) in [7, 11) is 0. The van der Waals surface area contributed by atoms with Crippen LogP contribution in [0.15, 0.2) is 0 Å². The molecule has 0 aromatic rings. The lowest BCUT2D eigenvalue weighted by Crippen LogP contribution is -2.37. The Balaban J connectivity index is 2.35. The molecule has 1 rings (SSSR count). The second-order valence-electron chi connectivity index (χ2n) is 4.46. The second-order valence-corrected chi connectivity index (χ2v) is 4.46. The number of rotatable bonds is 6. The Morgan fingerprint density at radius 3 is 2.53 bits per heavy atom. The molecule has 1 fully saturated rings. The van der Waals surface area contributed by atoms with Gasteiger partial charge in [-0.3, -0.25) is 9.69 Å². The molecule has 0 aromatic carbocycles. The molecule has 6 heteroatoms. The Bertz CT molecular complexity index is 256. The minimum Gasteiger partial charge on any atom is -0.395 e. The van der Waals surface area contributed by atoms with Gasteiger partial charge in [-0.25, -0.2) is 0 Å². The third-order valence-corrected chi connectivity index (χ3v) is 3.04. The molecule has 0 radical (unpaired) electrons. The van der Waals surface area contributed by atoms with Gasteiger partial charge in [0.2, 0.25) is 0 Å². The van der Waals surface area contributed by atoms with Crippen LogP contribution < -0.4 is 0 Å². The lowest BCUT2D eigenvalue weighted by molar-refractivity contribution is -0.147. The summed E-state index contributed by atoms with van der Waals surface area (Å²) in [6, 6.07) is 0. The summed E-state index contributed by atoms with van der Waals surface area (Å²) in [6.45, 7) is -1.10. The maximum absolute atomic E-state index is 12.2. The number of nitrogens with zero attached hydrogens (tertiary/aromatic N) is 1. The maximum atomic E-state index is 12.2. The van der Waals surface area contributed by atoms with E-state index in [0.29, 0.717) is 12.8 Å². The molecule has 0 amide bonds. The van der Waals surface area contributed by atoms with E-state index in [1.165, 1.54) is 0 Å². The van der Waals surface area contributed by atoms with Crippen molar-refractivity contribution < 1.29 is 23.1 Å². The Morgan fingerprint density at radius 1 is 1.35 bits per heavy atom. The smallest absolute Gasteiger partial charge is 0.395 e. The lowest BCUT2D eigenvalue weighted by atomic mass is 10.0. The molecule has 1 aliphatic rings. The molecule has 1 N–H and O–H groups in total. The first-order valence-corrected chi connectivity index (χ1v) is 5.85. The fourth-order valence-corrected chi connectivity index (χ4v) is 2.20. The highest BCUT2D eigenvalue weighted by Gasteiger charge is 2.31. The zero-order chi connectivity index (χ0) is 12.9. The van der Waals surface area contributed by atoms with Crippen LogP contribution in [0.5, 0.6) is 0 Å². The Kier molecular flexibility index (Phi) is 5.39. The zero-order valence-electron chi connectivity index (χ0n) is 9.67. The van der Waals surface area contributed by atoms with Gasteiger partial charge >= 0.3 is 6.18 Å². The quantitative estimate of drug-likeness (QED) is 0.781. The van der Waals surface area contributed by atoms with Crippen molar-refractivity contribution in [2.45, 2.75) is 31.9 Å². The highest BCUT2D eigenvalue weighted by Crippen LogP contribution is 2.25. The van der Waals surface area contributed by atoms with Crippen LogP contribution in [-0.2, 0) is 4.79 Å². The van der Waals surface area contributed by atoms with E-state index in [-0.39, 0.29) is 31.4 Å². The number of alkyl halides is 3. The van der Waals surface area contributed by atoms with Crippen molar-refractivity contribution in [3.63, 3.8) is 0 Å². The summed E-state index contributed by atoms with van der Waals surface area (Å²) < 4.78 is 36.6. The van der Waals surface area contributed by atoms with Gasteiger partial charge in [0.15, 0.2) is 0 Å². The van der Waals surface area contributed by atoms with Gasteiger partial charge < -0.3 is 5.11 Å². The van der Waals surface area contributed by atoms with Crippen molar-refractivity contribution in [1.29, 1.82) is 0 Å². The van der Waals surface area contributed by atoms with Gasteiger partial charge in [-0.05, 0) is 25.8 Å². The van der Waals surface area contributed by atoms with Gasteiger partial charge in [-0.15, -0.1) is 0 Å². The molecule has 17 heavy (non-hydrogen) atoms. The standard InChI is InChI=1S/C11H18F3NO2/c12-11(13,14)8-15(6-7-16)5-4-9-2-1-3-10(9)17/h9,16H,1-8H2. The van der Waals surface area contributed by atoms with E-state index in [4.69, 9.17) is 5.11 Å². The van der Waals surface area contributed by atoms with E-state index in [2.05, 4.69) is 0 Å². The van der Waals surface area contributed by atoms with E-state index >= 15 is 0 Å². The van der Waals surface area contributed by atoms with Gasteiger partial charge in [0, 0.05) is 18.9 Å². The third-order valence-electron chi connectivity index (χ3n) is 3.04. The van der Waals surface area contributed by atoms with Crippen molar-refractivity contribution in [1.82, 2.24) is 4.90 Å². The Hall–Kier alpha value is -0.620. The highest BCUT2D eigenvalue weighted by atomic mass is 19.4. The summed E-state index contributed by atoms with van der Waals surface area (Å²) >= 11 is 0. The average molecular weight is 253 g/mol. The fourth-order valence-electron chi connectivity index (χ4n) is 2.20. The van der Waals surface area contributed by atoms with E-state index < -0.39 is 12.7 Å². The number of hydrogen-bond acceptors (Lipinski definition) is 3. The Morgan fingerprint density at radius 2 is 2.06 bits per heavy atom. The van der Waals surface area contributed by atoms with E-state index in [1.54, 1.807) is 0 Å². The second kappa shape index (κ2) is 6.35. The van der Waals surface area contributed by atoms with Gasteiger partial charge in [0.05, 0.1) is 13.2 Å².